The largest absolute Gasteiger partial charge is 0.512 e. The average molecular weight is 270 g/mol. The Morgan fingerprint density at radius 1 is 1.33 bits per heavy atom. The highest BCUT2D eigenvalue weighted by Gasteiger charge is 2.42. The second-order valence-electron chi connectivity index (χ2n) is 5.22. The number of aliphatic hydroxyl groups is 1. The molecular weight excluding hydrogens is 244 g/mol. The maximum absolute atomic E-state index is 11.7. The van der Waals surface area contributed by atoms with E-state index in [1.165, 1.54) is 25.2 Å². The normalized spacial score (nSPS) is 21.0. The Morgan fingerprint density at radius 3 is 2.33 bits per heavy atom. The summed E-state index contributed by atoms with van der Waals surface area (Å²) in [5.74, 6) is 0.00808. The van der Waals surface area contributed by atoms with Crippen molar-refractivity contribution in [3.8, 4) is 0 Å². The highest BCUT2D eigenvalue weighted by molar-refractivity contribution is 6.81. The van der Waals surface area contributed by atoms with Crippen molar-refractivity contribution >= 4 is 14.0 Å². The first kappa shape index (κ1) is 15.3. The lowest BCUT2D eigenvalue weighted by Crippen LogP contribution is -2.40. The average Bonchev–Trinajstić information content (AvgIpc) is 2.42. The fourth-order valence-electron chi connectivity index (χ4n) is 3.37. The van der Waals surface area contributed by atoms with Gasteiger partial charge in [-0.3, -0.25) is 0 Å². The van der Waals surface area contributed by atoms with Gasteiger partial charge in [0.2, 0.25) is 0 Å². The van der Waals surface area contributed by atoms with Crippen LogP contribution in [0.1, 0.15) is 40.0 Å². The maximum Gasteiger partial charge on any atom is 0.337 e. The van der Waals surface area contributed by atoms with E-state index in [0.29, 0.717) is 17.8 Å². The molecule has 1 aliphatic rings. The lowest BCUT2D eigenvalue weighted by Gasteiger charge is -2.39. The van der Waals surface area contributed by atoms with Crippen LogP contribution in [0.3, 0.4) is 0 Å². The Labute approximate surface area is 111 Å². The molecule has 0 aliphatic heterocycles. The van der Waals surface area contributed by atoms with Crippen LogP contribution < -0.4 is 0 Å². The summed E-state index contributed by atoms with van der Waals surface area (Å²) >= 11 is 0. The van der Waals surface area contributed by atoms with Crippen molar-refractivity contribution in [3.63, 3.8) is 0 Å². The van der Waals surface area contributed by atoms with Gasteiger partial charge in [0.1, 0.15) is 5.76 Å². The number of carbonyl (C=O) groups excluding carboxylic acids is 1. The monoisotopic (exact) mass is 270 g/mol. The minimum Gasteiger partial charge on any atom is -0.512 e. The van der Waals surface area contributed by atoms with Crippen LogP contribution in [0, 0.1) is 0 Å². The number of esters is 1. The summed E-state index contributed by atoms with van der Waals surface area (Å²) in [4.78, 5) is 11.7. The van der Waals surface area contributed by atoms with Crippen LogP contribution >= 0.6 is 0 Å². The Morgan fingerprint density at radius 2 is 1.89 bits per heavy atom. The second kappa shape index (κ2) is 6.41. The molecule has 0 radical (unpaired) electrons. The summed E-state index contributed by atoms with van der Waals surface area (Å²) in [6, 6.07) is 3.51. The lowest BCUT2D eigenvalue weighted by molar-refractivity contribution is -0.136. The lowest BCUT2D eigenvalue weighted by atomic mass is 9.97. The highest BCUT2D eigenvalue weighted by atomic mass is 28.3. The number of methoxy groups -OCH3 is 1. The van der Waals surface area contributed by atoms with E-state index < -0.39 is 8.07 Å². The summed E-state index contributed by atoms with van der Waals surface area (Å²) in [6.07, 6.45) is 2.69. The van der Waals surface area contributed by atoms with Crippen LogP contribution in [0.25, 0.3) is 0 Å². The molecule has 0 aromatic rings. The van der Waals surface area contributed by atoms with Crippen molar-refractivity contribution in [1.82, 2.24) is 0 Å². The van der Waals surface area contributed by atoms with Gasteiger partial charge in [-0.1, -0.05) is 38.9 Å². The molecule has 4 heteroatoms. The molecule has 0 spiro atoms. The topological polar surface area (TPSA) is 46.5 Å². The predicted octanol–water partition coefficient (Wildman–Crippen LogP) is 4.03. The molecule has 1 atom stereocenters. The van der Waals surface area contributed by atoms with Crippen molar-refractivity contribution in [2.75, 3.05) is 7.11 Å². The minimum atomic E-state index is -1.50. The number of allylic oxidation sites excluding steroid dienone is 1. The fraction of sp³-hybridized carbons (Fsp3) is 0.786. The number of ether oxygens (including phenoxy) is 1. The number of hydrogen-bond acceptors (Lipinski definition) is 3. The molecule has 0 aromatic carbocycles. The number of hydrogen-bond donors (Lipinski definition) is 1. The van der Waals surface area contributed by atoms with Crippen molar-refractivity contribution in [1.29, 1.82) is 0 Å². The first-order valence-electron chi connectivity index (χ1n) is 7.06. The first-order chi connectivity index (χ1) is 8.56. The highest BCUT2D eigenvalue weighted by Crippen LogP contribution is 2.45. The third-order valence-electron chi connectivity index (χ3n) is 4.84. The molecule has 1 aliphatic carbocycles. The van der Waals surface area contributed by atoms with E-state index in [0.717, 1.165) is 12.8 Å². The van der Waals surface area contributed by atoms with Gasteiger partial charge in [0.25, 0.3) is 0 Å². The summed E-state index contributed by atoms with van der Waals surface area (Å²) < 4.78 is 4.78. The zero-order valence-electron chi connectivity index (χ0n) is 12.1. The third kappa shape index (κ3) is 2.63. The van der Waals surface area contributed by atoms with Crippen LogP contribution in [0.2, 0.25) is 23.7 Å². The molecular formula is C14H26O3Si. The van der Waals surface area contributed by atoms with Gasteiger partial charge in [0, 0.05) is 5.54 Å². The Bertz CT molecular complexity index is 324. The number of aliphatic hydroxyl groups excluding tert-OH is 1. The van der Waals surface area contributed by atoms with Gasteiger partial charge in [-0.25, -0.2) is 4.79 Å². The molecule has 0 unspecified atom stereocenters. The summed E-state index contributed by atoms with van der Waals surface area (Å²) in [7, 11) is -0.110. The van der Waals surface area contributed by atoms with Crippen LogP contribution in [0.5, 0.6) is 0 Å². The first-order valence-corrected chi connectivity index (χ1v) is 9.76. The van der Waals surface area contributed by atoms with Gasteiger partial charge in [-0.05, 0) is 19.3 Å². The van der Waals surface area contributed by atoms with Gasteiger partial charge >= 0.3 is 5.97 Å². The molecule has 1 rings (SSSR count). The van der Waals surface area contributed by atoms with Gasteiger partial charge in [-0.2, -0.15) is 0 Å². The third-order valence-corrected chi connectivity index (χ3v) is 11.1. The van der Waals surface area contributed by atoms with E-state index in [1.54, 1.807) is 0 Å². The Balaban J connectivity index is 3.12. The molecule has 0 saturated heterocycles. The molecule has 3 nitrogen and oxygen atoms in total. The van der Waals surface area contributed by atoms with Crippen LogP contribution in [0.4, 0.5) is 0 Å². The summed E-state index contributed by atoms with van der Waals surface area (Å²) in [5, 5.41) is 10.5. The smallest absolute Gasteiger partial charge is 0.337 e. The van der Waals surface area contributed by atoms with E-state index in [1.807, 2.05) is 0 Å². The maximum atomic E-state index is 11.7. The molecule has 0 bridgehead atoms. The van der Waals surface area contributed by atoms with Crippen LogP contribution in [-0.2, 0) is 9.53 Å². The fourth-order valence-corrected chi connectivity index (χ4v) is 7.92. The Hall–Kier alpha value is -0.773. The molecule has 0 amide bonds. The van der Waals surface area contributed by atoms with E-state index >= 15 is 0 Å². The number of rotatable bonds is 5. The van der Waals surface area contributed by atoms with Gasteiger partial charge in [0.05, 0.1) is 20.8 Å². The molecule has 0 saturated carbocycles. The molecule has 18 heavy (non-hydrogen) atoms. The molecule has 0 heterocycles. The van der Waals surface area contributed by atoms with Crippen LogP contribution in [0.15, 0.2) is 11.3 Å². The predicted molar refractivity (Wildman–Crippen MR) is 76.5 cm³/mol. The minimum absolute atomic E-state index is 0.250. The molecule has 0 aromatic heterocycles. The summed E-state index contributed by atoms with van der Waals surface area (Å²) in [5.41, 5.74) is 0.779. The van der Waals surface area contributed by atoms with Crippen LogP contribution in [-0.4, -0.2) is 26.3 Å². The zero-order chi connectivity index (χ0) is 13.8. The second-order valence-corrected chi connectivity index (χ2v) is 10.8. The van der Waals surface area contributed by atoms with Crippen molar-refractivity contribution in [3.05, 3.63) is 11.3 Å². The summed E-state index contributed by atoms with van der Waals surface area (Å²) in [6.45, 7) is 6.71. The number of carbonyl (C=O) groups is 1. The van der Waals surface area contributed by atoms with Gasteiger partial charge in [0.15, 0.2) is 0 Å². The van der Waals surface area contributed by atoms with Gasteiger partial charge < -0.3 is 9.84 Å². The molecule has 104 valence electrons. The van der Waals surface area contributed by atoms with E-state index in [2.05, 4.69) is 20.8 Å². The molecule has 1 N–H and O–H groups in total. The van der Waals surface area contributed by atoms with Crippen molar-refractivity contribution < 1.29 is 14.6 Å². The van der Waals surface area contributed by atoms with E-state index in [9.17, 15) is 9.90 Å². The Kier molecular flexibility index (Phi) is 5.44. The van der Waals surface area contributed by atoms with E-state index in [4.69, 9.17) is 4.74 Å². The SMILES string of the molecule is CC[Si](CC)(CC)[C@@H]1CCCC(C(=O)OC)=C1O. The van der Waals surface area contributed by atoms with Crippen molar-refractivity contribution in [2.45, 2.75) is 63.7 Å². The van der Waals surface area contributed by atoms with E-state index in [-0.39, 0.29) is 11.5 Å². The van der Waals surface area contributed by atoms with Crippen molar-refractivity contribution in [2.24, 2.45) is 0 Å². The quantitative estimate of drug-likeness (QED) is 0.606. The molecule has 0 fully saturated rings. The zero-order valence-corrected chi connectivity index (χ0v) is 13.1. The van der Waals surface area contributed by atoms with Gasteiger partial charge in [-0.15, -0.1) is 0 Å². The standard InChI is InChI=1S/C14H26O3Si/c1-5-18(6-2,7-3)12-10-8-9-11(13(12)15)14(16)17-4/h12,15H,5-10H2,1-4H3/t12-/m1/s1.